The Kier molecular flexibility index (Phi) is 6.44. The van der Waals surface area contributed by atoms with Crippen molar-refractivity contribution in [1.29, 1.82) is 0 Å². The number of hydrogen-bond acceptors (Lipinski definition) is 4. The molecule has 1 aliphatic heterocycles. The average molecular weight is 427 g/mol. The molecule has 0 spiro atoms. The number of anilines is 1. The van der Waals surface area contributed by atoms with Gasteiger partial charge in [-0.25, -0.2) is 9.78 Å². The predicted octanol–water partition coefficient (Wildman–Crippen LogP) is 5.25. The normalized spacial score (nSPS) is 15.2. The van der Waals surface area contributed by atoms with Crippen molar-refractivity contribution in [2.75, 3.05) is 18.4 Å². The molecule has 1 fully saturated rings. The van der Waals surface area contributed by atoms with Crippen molar-refractivity contribution in [2.24, 2.45) is 0 Å². The minimum absolute atomic E-state index is 0.140. The number of likely N-dealkylation sites (tertiary alicyclic amines) is 1. The van der Waals surface area contributed by atoms with Gasteiger partial charge in [0.15, 0.2) is 0 Å². The first-order valence-electron chi connectivity index (χ1n) is 9.71. The van der Waals surface area contributed by atoms with Crippen molar-refractivity contribution < 1.29 is 4.79 Å². The summed E-state index contributed by atoms with van der Waals surface area (Å²) in [4.78, 5) is 19.3. The molecule has 1 aromatic heterocycles. The Morgan fingerprint density at radius 3 is 2.59 bits per heavy atom. The number of para-hydroxylation sites is 1. The molecule has 0 radical (unpaired) electrons. The van der Waals surface area contributed by atoms with E-state index in [0.717, 1.165) is 59.5 Å². The van der Waals surface area contributed by atoms with Gasteiger partial charge in [0.05, 0.1) is 10.7 Å². The standard InChI is InChI=1S/C22H23ClN4OS/c23-20-9-5-4-8-19(20)21-24-18(15-29-21)14-27-12-10-17(11-13-27)26-22(28)25-16-6-2-1-3-7-16/h1-9,15,17H,10-14H2,(H2,25,26,28). The summed E-state index contributed by atoms with van der Waals surface area (Å²) < 4.78 is 0. The molecule has 5 nitrogen and oxygen atoms in total. The van der Waals surface area contributed by atoms with E-state index in [-0.39, 0.29) is 12.1 Å². The molecule has 7 heteroatoms. The van der Waals surface area contributed by atoms with Gasteiger partial charge in [-0.05, 0) is 31.0 Å². The maximum atomic E-state index is 12.2. The van der Waals surface area contributed by atoms with Crippen LogP contribution in [0.25, 0.3) is 10.6 Å². The van der Waals surface area contributed by atoms with Gasteiger partial charge in [0.2, 0.25) is 0 Å². The van der Waals surface area contributed by atoms with Crippen molar-refractivity contribution in [1.82, 2.24) is 15.2 Å². The van der Waals surface area contributed by atoms with Crippen LogP contribution in [0, 0.1) is 0 Å². The van der Waals surface area contributed by atoms with Crippen LogP contribution in [0.1, 0.15) is 18.5 Å². The Morgan fingerprint density at radius 2 is 1.83 bits per heavy atom. The number of aromatic nitrogens is 1. The smallest absolute Gasteiger partial charge is 0.319 e. The van der Waals surface area contributed by atoms with Crippen LogP contribution in [0.4, 0.5) is 10.5 Å². The number of hydrogen-bond donors (Lipinski definition) is 2. The maximum absolute atomic E-state index is 12.2. The quantitative estimate of drug-likeness (QED) is 0.585. The lowest BCUT2D eigenvalue weighted by Gasteiger charge is -2.31. The molecule has 2 amide bonds. The number of thiazole rings is 1. The van der Waals surface area contributed by atoms with Gasteiger partial charge in [-0.1, -0.05) is 48.0 Å². The Labute approximate surface area is 179 Å². The molecule has 4 rings (SSSR count). The van der Waals surface area contributed by atoms with E-state index in [1.165, 1.54) is 0 Å². The zero-order valence-corrected chi connectivity index (χ0v) is 17.5. The molecule has 0 bridgehead atoms. The summed E-state index contributed by atoms with van der Waals surface area (Å²) in [6.45, 7) is 2.70. The van der Waals surface area contributed by atoms with Crippen LogP contribution in [0.5, 0.6) is 0 Å². The largest absolute Gasteiger partial charge is 0.335 e. The molecule has 1 aliphatic rings. The number of piperidine rings is 1. The SMILES string of the molecule is O=C(Nc1ccccc1)NC1CCN(Cc2csc(-c3ccccc3Cl)n2)CC1. The van der Waals surface area contributed by atoms with Crippen LogP contribution >= 0.6 is 22.9 Å². The van der Waals surface area contributed by atoms with Gasteiger partial charge in [-0.15, -0.1) is 11.3 Å². The van der Waals surface area contributed by atoms with Gasteiger partial charge in [0, 0.05) is 42.3 Å². The highest BCUT2D eigenvalue weighted by Crippen LogP contribution is 2.30. The molecule has 3 aromatic rings. The van der Waals surface area contributed by atoms with E-state index in [9.17, 15) is 4.79 Å². The fraction of sp³-hybridized carbons (Fsp3) is 0.273. The Hall–Kier alpha value is -2.41. The minimum Gasteiger partial charge on any atom is -0.335 e. The third kappa shape index (κ3) is 5.35. The molecule has 2 N–H and O–H groups in total. The summed E-state index contributed by atoms with van der Waals surface area (Å²) in [6, 6.07) is 17.4. The first kappa shape index (κ1) is 19.9. The summed E-state index contributed by atoms with van der Waals surface area (Å²) in [5.74, 6) is 0. The van der Waals surface area contributed by atoms with Crippen molar-refractivity contribution in [3.8, 4) is 10.6 Å². The number of carbonyl (C=O) groups excluding carboxylic acids is 1. The van der Waals surface area contributed by atoms with Crippen LogP contribution in [0.3, 0.4) is 0 Å². The third-order valence-electron chi connectivity index (χ3n) is 5.00. The lowest BCUT2D eigenvalue weighted by atomic mass is 10.1. The van der Waals surface area contributed by atoms with E-state index >= 15 is 0 Å². The molecule has 29 heavy (non-hydrogen) atoms. The Bertz CT molecular complexity index is 954. The van der Waals surface area contributed by atoms with Gasteiger partial charge in [0.25, 0.3) is 0 Å². The van der Waals surface area contributed by atoms with Crippen LogP contribution in [0.2, 0.25) is 5.02 Å². The van der Waals surface area contributed by atoms with E-state index in [1.54, 1.807) is 11.3 Å². The first-order chi connectivity index (χ1) is 14.2. The van der Waals surface area contributed by atoms with Crippen LogP contribution in [-0.4, -0.2) is 35.0 Å². The van der Waals surface area contributed by atoms with Gasteiger partial charge in [-0.3, -0.25) is 4.90 Å². The molecule has 0 saturated carbocycles. The van der Waals surface area contributed by atoms with Crippen LogP contribution in [-0.2, 0) is 6.54 Å². The second-order valence-electron chi connectivity index (χ2n) is 7.14. The molecule has 1 saturated heterocycles. The number of carbonyl (C=O) groups is 1. The van der Waals surface area contributed by atoms with Crippen LogP contribution < -0.4 is 10.6 Å². The fourth-order valence-electron chi connectivity index (χ4n) is 3.48. The van der Waals surface area contributed by atoms with E-state index in [4.69, 9.17) is 16.6 Å². The van der Waals surface area contributed by atoms with Gasteiger partial charge >= 0.3 is 6.03 Å². The van der Waals surface area contributed by atoms with E-state index < -0.39 is 0 Å². The topological polar surface area (TPSA) is 57.3 Å². The lowest BCUT2D eigenvalue weighted by molar-refractivity contribution is 0.188. The maximum Gasteiger partial charge on any atom is 0.319 e. The number of halogens is 1. The Balaban J connectivity index is 1.25. The first-order valence-corrected chi connectivity index (χ1v) is 11.0. The van der Waals surface area contributed by atoms with Crippen molar-refractivity contribution in [3.05, 3.63) is 70.7 Å². The number of rotatable bonds is 5. The summed E-state index contributed by atoms with van der Waals surface area (Å²) in [5.41, 5.74) is 2.86. The number of nitrogens with zero attached hydrogens (tertiary/aromatic N) is 2. The molecular formula is C22H23ClN4OS. The lowest BCUT2D eigenvalue weighted by Crippen LogP contribution is -2.45. The highest BCUT2D eigenvalue weighted by molar-refractivity contribution is 7.13. The zero-order chi connectivity index (χ0) is 20.1. The van der Waals surface area contributed by atoms with Gasteiger partial charge in [0.1, 0.15) is 5.01 Å². The number of amides is 2. The van der Waals surface area contributed by atoms with Crippen LogP contribution in [0.15, 0.2) is 60.0 Å². The fourth-order valence-corrected chi connectivity index (χ4v) is 4.61. The molecule has 0 unspecified atom stereocenters. The second kappa shape index (κ2) is 9.39. The summed E-state index contributed by atoms with van der Waals surface area (Å²) in [5, 5.41) is 9.75. The predicted molar refractivity (Wildman–Crippen MR) is 119 cm³/mol. The van der Waals surface area contributed by atoms with E-state index in [2.05, 4.69) is 20.9 Å². The zero-order valence-electron chi connectivity index (χ0n) is 16.0. The number of urea groups is 1. The van der Waals surface area contributed by atoms with E-state index in [0.29, 0.717) is 0 Å². The highest BCUT2D eigenvalue weighted by Gasteiger charge is 2.21. The summed E-state index contributed by atoms with van der Waals surface area (Å²) in [6.07, 6.45) is 1.87. The minimum atomic E-state index is -0.140. The van der Waals surface area contributed by atoms with Crippen molar-refractivity contribution >= 4 is 34.7 Å². The number of benzene rings is 2. The molecular weight excluding hydrogens is 404 g/mol. The molecule has 0 aliphatic carbocycles. The third-order valence-corrected chi connectivity index (χ3v) is 6.25. The van der Waals surface area contributed by atoms with Gasteiger partial charge in [-0.2, -0.15) is 0 Å². The summed E-state index contributed by atoms with van der Waals surface area (Å²) in [7, 11) is 0. The highest BCUT2D eigenvalue weighted by atomic mass is 35.5. The van der Waals surface area contributed by atoms with Crippen molar-refractivity contribution in [3.63, 3.8) is 0 Å². The molecule has 150 valence electrons. The van der Waals surface area contributed by atoms with Crippen molar-refractivity contribution in [2.45, 2.75) is 25.4 Å². The van der Waals surface area contributed by atoms with Gasteiger partial charge < -0.3 is 10.6 Å². The molecule has 2 aromatic carbocycles. The molecule has 0 atom stereocenters. The average Bonchev–Trinajstić information content (AvgIpc) is 3.19. The Morgan fingerprint density at radius 1 is 1.10 bits per heavy atom. The number of nitrogens with one attached hydrogen (secondary N) is 2. The molecule has 2 heterocycles. The van der Waals surface area contributed by atoms with E-state index in [1.807, 2.05) is 54.6 Å². The second-order valence-corrected chi connectivity index (χ2v) is 8.40. The summed E-state index contributed by atoms with van der Waals surface area (Å²) >= 11 is 7.91. The monoisotopic (exact) mass is 426 g/mol.